The first-order chi connectivity index (χ1) is 8.05. The topological polar surface area (TPSA) is 50.5 Å². The summed E-state index contributed by atoms with van der Waals surface area (Å²) in [4.78, 5) is 0. The molecular formula is C11H17NO3S2. The molecule has 6 heteroatoms. The molecule has 1 fully saturated rings. The van der Waals surface area contributed by atoms with Gasteiger partial charge in [0.1, 0.15) is 5.76 Å². The maximum absolute atomic E-state index is 11.3. The Balaban J connectivity index is 1.76. The fourth-order valence-electron chi connectivity index (χ4n) is 1.93. The van der Waals surface area contributed by atoms with Crippen molar-refractivity contribution in [3.8, 4) is 0 Å². The predicted octanol–water partition coefficient (Wildman–Crippen LogP) is 1.94. The summed E-state index contributed by atoms with van der Waals surface area (Å²) in [7, 11) is -3.00. The summed E-state index contributed by atoms with van der Waals surface area (Å²) in [6, 6.07) is 3.86. The standard InChI is InChI=1S/C11H17NO3S2/c1-17(13,14)12-6-4-11(5-7-12)16-9-10-3-2-8-15-10/h2-3,8,11H,4-7,9H2,1H3. The monoisotopic (exact) mass is 275 g/mol. The van der Waals surface area contributed by atoms with E-state index < -0.39 is 10.0 Å². The molecule has 1 aliphatic heterocycles. The van der Waals surface area contributed by atoms with Gasteiger partial charge in [0.05, 0.1) is 18.3 Å². The summed E-state index contributed by atoms with van der Waals surface area (Å²) in [5.74, 6) is 1.86. The lowest BCUT2D eigenvalue weighted by molar-refractivity contribution is 0.355. The highest BCUT2D eigenvalue weighted by Gasteiger charge is 2.25. The quantitative estimate of drug-likeness (QED) is 0.842. The van der Waals surface area contributed by atoms with Gasteiger partial charge in [-0.15, -0.1) is 0 Å². The number of hydrogen-bond donors (Lipinski definition) is 0. The van der Waals surface area contributed by atoms with Crippen LogP contribution in [0.15, 0.2) is 22.8 Å². The van der Waals surface area contributed by atoms with Crippen LogP contribution >= 0.6 is 11.8 Å². The molecule has 0 spiro atoms. The lowest BCUT2D eigenvalue weighted by Gasteiger charge is -2.29. The van der Waals surface area contributed by atoms with E-state index in [0.717, 1.165) is 24.4 Å². The van der Waals surface area contributed by atoms with Crippen LogP contribution in [0.1, 0.15) is 18.6 Å². The lowest BCUT2D eigenvalue weighted by Crippen LogP contribution is -2.38. The molecule has 1 saturated heterocycles. The molecule has 1 aliphatic rings. The normalized spacial score (nSPS) is 19.6. The number of hydrogen-bond acceptors (Lipinski definition) is 4. The molecule has 0 bridgehead atoms. The van der Waals surface area contributed by atoms with Crippen molar-refractivity contribution in [1.29, 1.82) is 0 Å². The van der Waals surface area contributed by atoms with Crippen LogP contribution in [0.5, 0.6) is 0 Å². The van der Waals surface area contributed by atoms with Crippen molar-refractivity contribution in [3.63, 3.8) is 0 Å². The van der Waals surface area contributed by atoms with Crippen LogP contribution in [0.3, 0.4) is 0 Å². The van der Waals surface area contributed by atoms with Crippen molar-refractivity contribution in [2.24, 2.45) is 0 Å². The Hall–Kier alpha value is -0.460. The number of furan rings is 1. The molecular weight excluding hydrogens is 258 g/mol. The minimum absolute atomic E-state index is 0.540. The second-order valence-corrected chi connectivity index (χ2v) is 7.52. The van der Waals surface area contributed by atoms with Gasteiger partial charge in [-0.05, 0) is 25.0 Å². The Morgan fingerprint density at radius 3 is 2.71 bits per heavy atom. The third-order valence-corrected chi connectivity index (χ3v) is 5.61. The van der Waals surface area contributed by atoms with Gasteiger partial charge in [-0.25, -0.2) is 12.7 Å². The SMILES string of the molecule is CS(=O)(=O)N1CCC(SCc2ccco2)CC1. The van der Waals surface area contributed by atoms with Gasteiger partial charge in [-0.3, -0.25) is 0 Å². The highest BCUT2D eigenvalue weighted by molar-refractivity contribution is 7.99. The summed E-state index contributed by atoms with van der Waals surface area (Å²) in [6.07, 6.45) is 4.82. The molecule has 0 amide bonds. The van der Waals surface area contributed by atoms with E-state index in [0.29, 0.717) is 18.3 Å². The smallest absolute Gasteiger partial charge is 0.211 e. The number of rotatable bonds is 4. The van der Waals surface area contributed by atoms with Gasteiger partial charge in [-0.2, -0.15) is 11.8 Å². The minimum Gasteiger partial charge on any atom is -0.468 e. The maximum Gasteiger partial charge on any atom is 0.211 e. The highest BCUT2D eigenvalue weighted by atomic mass is 32.2. The van der Waals surface area contributed by atoms with Crippen molar-refractivity contribution in [3.05, 3.63) is 24.2 Å². The maximum atomic E-state index is 11.3. The zero-order chi connectivity index (χ0) is 12.3. The summed E-state index contributed by atoms with van der Waals surface area (Å²) in [5.41, 5.74) is 0. The van der Waals surface area contributed by atoms with Crippen molar-refractivity contribution < 1.29 is 12.8 Å². The predicted molar refractivity (Wildman–Crippen MR) is 69.4 cm³/mol. The largest absolute Gasteiger partial charge is 0.468 e. The second-order valence-electron chi connectivity index (χ2n) is 4.25. The molecule has 4 nitrogen and oxygen atoms in total. The van der Waals surface area contributed by atoms with Crippen LogP contribution in [0.2, 0.25) is 0 Å². The van der Waals surface area contributed by atoms with Crippen LogP contribution < -0.4 is 0 Å². The number of nitrogens with zero attached hydrogens (tertiary/aromatic N) is 1. The fourth-order valence-corrected chi connectivity index (χ4v) is 3.91. The van der Waals surface area contributed by atoms with E-state index in [9.17, 15) is 8.42 Å². The fraction of sp³-hybridized carbons (Fsp3) is 0.636. The zero-order valence-electron chi connectivity index (χ0n) is 9.83. The van der Waals surface area contributed by atoms with Crippen LogP contribution in [-0.4, -0.2) is 37.3 Å². The van der Waals surface area contributed by atoms with E-state index in [1.54, 1.807) is 10.6 Å². The summed E-state index contributed by atoms with van der Waals surface area (Å²) < 4.78 is 29.5. The minimum atomic E-state index is -3.00. The van der Waals surface area contributed by atoms with Crippen LogP contribution in [-0.2, 0) is 15.8 Å². The average Bonchev–Trinajstić information content (AvgIpc) is 2.78. The van der Waals surface area contributed by atoms with E-state index in [-0.39, 0.29) is 0 Å². The molecule has 0 unspecified atom stereocenters. The molecule has 1 aromatic rings. The molecule has 0 radical (unpaired) electrons. The molecule has 2 heterocycles. The number of sulfonamides is 1. The summed E-state index contributed by atoms with van der Waals surface area (Å²) >= 11 is 1.85. The van der Waals surface area contributed by atoms with Crippen molar-refractivity contribution in [2.75, 3.05) is 19.3 Å². The Bertz CT molecular complexity index is 433. The molecule has 0 N–H and O–H groups in total. The van der Waals surface area contributed by atoms with E-state index in [2.05, 4.69) is 0 Å². The van der Waals surface area contributed by atoms with Crippen LogP contribution in [0.25, 0.3) is 0 Å². The van der Waals surface area contributed by atoms with Gasteiger partial charge in [0.2, 0.25) is 10.0 Å². The lowest BCUT2D eigenvalue weighted by atomic mass is 10.2. The Labute approximate surface area is 106 Å². The Morgan fingerprint density at radius 2 is 2.18 bits per heavy atom. The van der Waals surface area contributed by atoms with Crippen molar-refractivity contribution in [1.82, 2.24) is 4.31 Å². The first-order valence-electron chi connectivity index (χ1n) is 5.65. The average molecular weight is 275 g/mol. The molecule has 0 aromatic carbocycles. The summed E-state index contributed by atoms with van der Waals surface area (Å²) in [5, 5.41) is 0.540. The molecule has 1 aromatic heterocycles. The third kappa shape index (κ3) is 3.76. The first-order valence-corrected chi connectivity index (χ1v) is 8.54. The van der Waals surface area contributed by atoms with Gasteiger partial charge < -0.3 is 4.42 Å². The van der Waals surface area contributed by atoms with Gasteiger partial charge in [0.15, 0.2) is 0 Å². The zero-order valence-corrected chi connectivity index (χ0v) is 11.5. The third-order valence-electron chi connectivity index (χ3n) is 2.91. The van der Waals surface area contributed by atoms with Crippen LogP contribution in [0, 0.1) is 0 Å². The van der Waals surface area contributed by atoms with Gasteiger partial charge in [0, 0.05) is 18.3 Å². The molecule has 2 rings (SSSR count). The number of piperidine rings is 1. The van der Waals surface area contributed by atoms with E-state index in [4.69, 9.17) is 4.42 Å². The van der Waals surface area contributed by atoms with Crippen molar-refractivity contribution >= 4 is 21.8 Å². The van der Waals surface area contributed by atoms with Crippen LogP contribution in [0.4, 0.5) is 0 Å². The number of thioether (sulfide) groups is 1. The van der Waals surface area contributed by atoms with Gasteiger partial charge >= 0.3 is 0 Å². The van der Waals surface area contributed by atoms with E-state index >= 15 is 0 Å². The Morgan fingerprint density at radius 1 is 1.47 bits per heavy atom. The summed E-state index contributed by atoms with van der Waals surface area (Å²) in [6.45, 7) is 1.29. The highest BCUT2D eigenvalue weighted by Crippen LogP contribution is 2.27. The molecule has 0 saturated carbocycles. The second kappa shape index (κ2) is 5.46. The molecule has 17 heavy (non-hydrogen) atoms. The van der Waals surface area contributed by atoms with E-state index in [1.165, 1.54) is 6.26 Å². The molecule has 0 atom stereocenters. The van der Waals surface area contributed by atoms with Gasteiger partial charge in [-0.1, -0.05) is 0 Å². The van der Waals surface area contributed by atoms with E-state index in [1.807, 2.05) is 23.9 Å². The first kappa shape index (κ1) is 13.0. The van der Waals surface area contributed by atoms with Gasteiger partial charge in [0.25, 0.3) is 0 Å². The molecule has 0 aliphatic carbocycles. The molecule has 96 valence electrons. The Kier molecular flexibility index (Phi) is 4.17. The van der Waals surface area contributed by atoms with Crippen molar-refractivity contribution in [2.45, 2.75) is 23.8 Å².